The fourth-order valence-electron chi connectivity index (χ4n) is 1.40. The van der Waals surface area contributed by atoms with Gasteiger partial charge >= 0.3 is 0 Å². The van der Waals surface area contributed by atoms with E-state index < -0.39 is 10.0 Å². The van der Waals surface area contributed by atoms with Crippen LogP contribution in [0.5, 0.6) is 0 Å². The molecular weight excluding hydrogens is 230 g/mol. The summed E-state index contributed by atoms with van der Waals surface area (Å²) >= 11 is 3.30. The lowest BCUT2D eigenvalue weighted by molar-refractivity contribution is 0.418. The van der Waals surface area contributed by atoms with Gasteiger partial charge in [-0.15, -0.1) is 0 Å². The molecular formula is C6H12BrNO2S. The van der Waals surface area contributed by atoms with E-state index in [1.807, 2.05) is 0 Å². The quantitative estimate of drug-likeness (QED) is 0.672. The first kappa shape index (κ1) is 9.48. The molecule has 1 rings (SSSR count). The highest BCUT2D eigenvalue weighted by molar-refractivity contribution is 9.09. The van der Waals surface area contributed by atoms with Crippen LogP contribution in [0.1, 0.15) is 12.8 Å². The summed E-state index contributed by atoms with van der Waals surface area (Å²) in [5, 5.41) is 0.750. The van der Waals surface area contributed by atoms with E-state index in [0.717, 1.165) is 18.2 Å². The molecule has 5 heteroatoms. The minimum Gasteiger partial charge on any atom is -0.212 e. The first-order valence-electron chi connectivity index (χ1n) is 3.58. The summed E-state index contributed by atoms with van der Waals surface area (Å²) in [7, 11) is -2.96. The maximum Gasteiger partial charge on any atom is 0.211 e. The van der Waals surface area contributed by atoms with Gasteiger partial charge in [0.1, 0.15) is 0 Å². The van der Waals surface area contributed by atoms with E-state index in [4.69, 9.17) is 0 Å². The van der Waals surface area contributed by atoms with Gasteiger partial charge in [-0.2, -0.15) is 4.31 Å². The smallest absolute Gasteiger partial charge is 0.211 e. The summed E-state index contributed by atoms with van der Waals surface area (Å²) in [5.41, 5.74) is 0. The van der Waals surface area contributed by atoms with Crippen LogP contribution in [0.25, 0.3) is 0 Å². The van der Waals surface area contributed by atoms with Gasteiger partial charge in [-0.05, 0) is 12.8 Å². The van der Waals surface area contributed by atoms with Crippen molar-refractivity contribution in [1.82, 2.24) is 4.31 Å². The van der Waals surface area contributed by atoms with E-state index in [1.165, 1.54) is 6.26 Å². The predicted molar refractivity (Wildman–Crippen MR) is 48.4 cm³/mol. The normalized spacial score (nSPS) is 27.6. The molecule has 0 amide bonds. The van der Waals surface area contributed by atoms with Gasteiger partial charge in [-0.25, -0.2) is 8.42 Å². The lowest BCUT2D eigenvalue weighted by Gasteiger charge is -2.19. The molecule has 3 nitrogen and oxygen atoms in total. The Balaban J connectivity index is 2.72. The molecule has 0 N–H and O–H groups in total. The molecule has 1 aliphatic heterocycles. The van der Waals surface area contributed by atoms with Crippen LogP contribution in [-0.2, 0) is 10.0 Å². The third-order valence-corrected chi connectivity index (χ3v) is 4.01. The van der Waals surface area contributed by atoms with Crippen LogP contribution in [0.2, 0.25) is 0 Å². The standard InChI is InChI=1S/C6H12BrNO2S/c1-11(9,10)8-4-2-3-6(8)5-7/h6H,2-5H2,1H3/t6-/m0/s1. The molecule has 1 fully saturated rings. The summed E-state index contributed by atoms with van der Waals surface area (Å²) in [4.78, 5) is 0. The Labute approximate surface area is 75.9 Å². The summed E-state index contributed by atoms with van der Waals surface area (Å²) in [6.07, 6.45) is 3.25. The van der Waals surface area contributed by atoms with Crippen molar-refractivity contribution in [3.8, 4) is 0 Å². The zero-order valence-corrected chi connectivity index (χ0v) is 8.86. The number of nitrogens with zero attached hydrogens (tertiary/aromatic N) is 1. The first-order valence-corrected chi connectivity index (χ1v) is 6.55. The van der Waals surface area contributed by atoms with Crippen LogP contribution in [0, 0.1) is 0 Å². The van der Waals surface area contributed by atoms with Gasteiger partial charge < -0.3 is 0 Å². The van der Waals surface area contributed by atoms with Gasteiger partial charge in [-0.3, -0.25) is 0 Å². The van der Waals surface area contributed by atoms with Gasteiger partial charge in [0.2, 0.25) is 10.0 Å². The second-order valence-corrected chi connectivity index (χ2v) is 5.41. The van der Waals surface area contributed by atoms with Crippen molar-refractivity contribution < 1.29 is 8.42 Å². The summed E-state index contributed by atoms with van der Waals surface area (Å²) < 4.78 is 23.8. The Kier molecular flexibility index (Phi) is 2.94. The minimum absolute atomic E-state index is 0.185. The van der Waals surface area contributed by atoms with E-state index in [9.17, 15) is 8.42 Å². The molecule has 0 unspecified atom stereocenters. The molecule has 0 aromatic heterocycles. The molecule has 0 aromatic rings. The summed E-state index contributed by atoms with van der Waals surface area (Å²) in [6, 6.07) is 0.185. The van der Waals surface area contributed by atoms with Crippen molar-refractivity contribution in [2.75, 3.05) is 18.1 Å². The van der Waals surface area contributed by atoms with E-state index in [-0.39, 0.29) is 6.04 Å². The van der Waals surface area contributed by atoms with Gasteiger partial charge in [0.15, 0.2) is 0 Å². The Bertz CT molecular complexity index is 227. The van der Waals surface area contributed by atoms with Crippen LogP contribution >= 0.6 is 15.9 Å². The molecule has 0 saturated carbocycles. The average Bonchev–Trinajstić information content (AvgIpc) is 2.31. The molecule has 11 heavy (non-hydrogen) atoms. The van der Waals surface area contributed by atoms with Crippen molar-refractivity contribution in [2.45, 2.75) is 18.9 Å². The third-order valence-electron chi connectivity index (χ3n) is 1.93. The van der Waals surface area contributed by atoms with E-state index in [0.29, 0.717) is 6.54 Å². The van der Waals surface area contributed by atoms with Crippen molar-refractivity contribution in [2.24, 2.45) is 0 Å². The van der Waals surface area contributed by atoms with Gasteiger partial charge in [0.05, 0.1) is 6.26 Å². The Morgan fingerprint density at radius 3 is 2.64 bits per heavy atom. The monoisotopic (exact) mass is 241 g/mol. The Morgan fingerprint density at radius 2 is 2.27 bits per heavy atom. The van der Waals surface area contributed by atoms with Crippen LogP contribution in [0.3, 0.4) is 0 Å². The average molecular weight is 242 g/mol. The maximum absolute atomic E-state index is 11.1. The lowest BCUT2D eigenvalue weighted by atomic mass is 10.3. The zero-order valence-electron chi connectivity index (χ0n) is 6.46. The third kappa shape index (κ3) is 2.16. The van der Waals surface area contributed by atoms with Crippen LogP contribution < -0.4 is 0 Å². The van der Waals surface area contributed by atoms with E-state index in [2.05, 4.69) is 15.9 Å². The van der Waals surface area contributed by atoms with Crippen molar-refractivity contribution in [1.29, 1.82) is 0 Å². The number of sulfonamides is 1. The molecule has 0 aromatic carbocycles. The largest absolute Gasteiger partial charge is 0.212 e. The molecule has 1 heterocycles. The lowest BCUT2D eigenvalue weighted by Crippen LogP contribution is -2.35. The molecule has 66 valence electrons. The van der Waals surface area contributed by atoms with Crippen LogP contribution in [0.15, 0.2) is 0 Å². The highest BCUT2D eigenvalue weighted by Crippen LogP contribution is 2.21. The molecule has 0 aliphatic carbocycles. The predicted octanol–water partition coefficient (Wildman–Crippen LogP) is 0.805. The van der Waals surface area contributed by atoms with Crippen molar-refractivity contribution in [3.63, 3.8) is 0 Å². The molecule has 0 radical (unpaired) electrons. The van der Waals surface area contributed by atoms with Crippen LogP contribution in [-0.4, -0.2) is 36.9 Å². The number of hydrogen-bond donors (Lipinski definition) is 0. The molecule has 1 saturated heterocycles. The zero-order chi connectivity index (χ0) is 8.48. The van der Waals surface area contributed by atoms with Gasteiger partial charge in [-0.1, -0.05) is 15.9 Å². The number of halogens is 1. The van der Waals surface area contributed by atoms with Gasteiger partial charge in [0, 0.05) is 17.9 Å². The highest BCUT2D eigenvalue weighted by Gasteiger charge is 2.29. The SMILES string of the molecule is CS(=O)(=O)N1CCC[C@H]1CBr. The van der Waals surface area contributed by atoms with Crippen molar-refractivity contribution >= 4 is 26.0 Å². The number of hydrogen-bond acceptors (Lipinski definition) is 2. The second-order valence-electron chi connectivity index (χ2n) is 2.82. The fraction of sp³-hybridized carbons (Fsp3) is 1.00. The maximum atomic E-state index is 11.1. The van der Waals surface area contributed by atoms with E-state index in [1.54, 1.807) is 4.31 Å². The second kappa shape index (κ2) is 3.41. The highest BCUT2D eigenvalue weighted by atomic mass is 79.9. The topological polar surface area (TPSA) is 37.4 Å². The Morgan fingerprint density at radius 1 is 1.64 bits per heavy atom. The number of rotatable bonds is 2. The van der Waals surface area contributed by atoms with Crippen LogP contribution in [0.4, 0.5) is 0 Å². The van der Waals surface area contributed by atoms with Crippen molar-refractivity contribution in [3.05, 3.63) is 0 Å². The minimum atomic E-state index is -2.96. The Hall–Kier alpha value is 0.390. The molecule has 1 aliphatic rings. The summed E-state index contributed by atoms with van der Waals surface area (Å²) in [6.45, 7) is 0.690. The molecule has 0 bridgehead atoms. The molecule has 0 spiro atoms. The fourth-order valence-corrected chi connectivity index (χ4v) is 3.45. The molecule has 1 atom stereocenters. The van der Waals surface area contributed by atoms with Gasteiger partial charge in [0.25, 0.3) is 0 Å². The number of alkyl halides is 1. The van der Waals surface area contributed by atoms with E-state index >= 15 is 0 Å². The summed E-state index contributed by atoms with van der Waals surface area (Å²) in [5.74, 6) is 0. The first-order chi connectivity index (χ1) is 5.05.